The maximum atomic E-state index is 12.3. The van der Waals surface area contributed by atoms with E-state index in [0.29, 0.717) is 26.0 Å². The van der Waals surface area contributed by atoms with E-state index in [1.807, 2.05) is 31.2 Å². The number of fused-ring (bicyclic) bond motifs is 1. The van der Waals surface area contributed by atoms with Gasteiger partial charge in [0.25, 0.3) is 10.1 Å². The molecule has 3 rings (SSSR count). The fraction of sp³-hybridized carbons (Fsp3) is 0.684. The van der Waals surface area contributed by atoms with Gasteiger partial charge in [-0.05, 0) is 31.5 Å². The van der Waals surface area contributed by atoms with Crippen molar-refractivity contribution in [3.05, 3.63) is 24.3 Å². The SMILES string of the molecule is CS(=O)(=O)O.C[C@]1(COCC(F)(F)F)CCCN(C[C@H]2COc3ccccc3O2)C1. The number of para-hydroxylation sites is 2. The number of hydrogen-bond acceptors (Lipinski definition) is 6. The van der Waals surface area contributed by atoms with Gasteiger partial charge < -0.3 is 14.2 Å². The van der Waals surface area contributed by atoms with E-state index in [0.717, 1.165) is 30.9 Å². The van der Waals surface area contributed by atoms with Crippen LogP contribution in [0.3, 0.4) is 0 Å². The Morgan fingerprint density at radius 2 is 1.93 bits per heavy atom. The van der Waals surface area contributed by atoms with E-state index in [1.54, 1.807) is 0 Å². The van der Waals surface area contributed by atoms with Gasteiger partial charge in [0.2, 0.25) is 0 Å². The average molecular weight is 455 g/mol. The van der Waals surface area contributed by atoms with Crippen molar-refractivity contribution in [2.45, 2.75) is 32.0 Å². The van der Waals surface area contributed by atoms with Crippen LogP contribution in [0.4, 0.5) is 13.2 Å². The van der Waals surface area contributed by atoms with Crippen molar-refractivity contribution in [3.63, 3.8) is 0 Å². The minimum atomic E-state index is -4.27. The summed E-state index contributed by atoms with van der Waals surface area (Å²) in [6, 6.07) is 7.56. The highest BCUT2D eigenvalue weighted by molar-refractivity contribution is 7.85. The zero-order chi connectivity index (χ0) is 22.4. The molecule has 2 atom stereocenters. The number of alkyl halides is 3. The number of rotatable bonds is 5. The molecule has 1 aromatic carbocycles. The summed E-state index contributed by atoms with van der Waals surface area (Å²) in [6.45, 7) is 3.72. The number of hydrogen-bond donors (Lipinski definition) is 1. The number of halogens is 3. The van der Waals surface area contributed by atoms with E-state index < -0.39 is 22.9 Å². The molecule has 172 valence electrons. The van der Waals surface area contributed by atoms with Gasteiger partial charge in [-0.3, -0.25) is 9.45 Å². The molecule has 1 saturated heterocycles. The molecule has 2 heterocycles. The summed E-state index contributed by atoms with van der Waals surface area (Å²) in [6.07, 6.45) is -1.82. The fourth-order valence-corrected chi connectivity index (χ4v) is 3.56. The van der Waals surface area contributed by atoms with E-state index in [-0.39, 0.29) is 18.1 Å². The van der Waals surface area contributed by atoms with E-state index >= 15 is 0 Å². The van der Waals surface area contributed by atoms with Crippen LogP contribution in [0.5, 0.6) is 11.5 Å². The molecule has 2 aliphatic rings. The van der Waals surface area contributed by atoms with Crippen molar-refractivity contribution >= 4 is 10.1 Å². The molecule has 11 heteroatoms. The van der Waals surface area contributed by atoms with Gasteiger partial charge in [-0.25, -0.2) is 0 Å². The van der Waals surface area contributed by atoms with Gasteiger partial charge in [0.1, 0.15) is 19.3 Å². The molecule has 0 bridgehead atoms. The van der Waals surface area contributed by atoms with Gasteiger partial charge in [-0.1, -0.05) is 19.1 Å². The lowest BCUT2D eigenvalue weighted by molar-refractivity contribution is -0.182. The van der Waals surface area contributed by atoms with Crippen molar-refractivity contribution in [1.82, 2.24) is 4.90 Å². The van der Waals surface area contributed by atoms with E-state index in [4.69, 9.17) is 18.8 Å². The van der Waals surface area contributed by atoms with Crippen LogP contribution >= 0.6 is 0 Å². The maximum absolute atomic E-state index is 12.3. The Bertz CT molecular complexity index is 781. The minimum absolute atomic E-state index is 0.0756. The fourth-order valence-electron chi connectivity index (χ4n) is 3.56. The molecule has 2 aliphatic heterocycles. The topological polar surface area (TPSA) is 85.3 Å². The number of likely N-dealkylation sites (tertiary alicyclic amines) is 1. The molecule has 1 fully saturated rings. The van der Waals surface area contributed by atoms with Crippen LogP contribution in [0, 0.1) is 5.41 Å². The standard InChI is InChI=1S/C18H24F3NO3.CH4O3S/c1-17(12-23-13-18(19,20)21)7-4-8-22(11-17)9-14-10-24-15-5-2-3-6-16(15)25-14;1-5(2,3)4/h2-3,5-6,14H,4,7-13H2,1H3;1H3,(H,2,3,4)/t14-,17-;/m0./s1. The zero-order valence-electron chi connectivity index (χ0n) is 17.0. The first-order valence-electron chi connectivity index (χ1n) is 9.51. The quantitative estimate of drug-likeness (QED) is 0.683. The first kappa shape index (κ1) is 24.7. The first-order chi connectivity index (χ1) is 13.8. The Labute approximate surface area is 174 Å². The van der Waals surface area contributed by atoms with E-state index in [1.165, 1.54) is 0 Å². The van der Waals surface area contributed by atoms with Crippen LogP contribution in [0.2, 0.25) is 0 Å². The highest BCUT2D eigenvalue weighted by Gasteiger charge is 2.35. The lowest BCUT2D eigenvalue weighted by Gasteiger charge is -2.41. The molecule has 0 amide bonds. The third-order valence-electron chi connectivity index (χ3n) is 4.61. The Morgan fingerprint density at radius 1 is 1.30 bits per heavy atom. The van der Waals surface area contributed by atoms with E-state index in [2.05, 4.69) is 4.90 Å². The monoisotopic (exact) mass is 455 g/mol. The highest BCUT2D eigenvalue weighted by Crippen LogP contribution is 2.33. The molecular weight excluding hydrogens is 427 g/mol. The zero-order valence-corrected chi connectivity index (χ0v) is 17.8. The Hall–Kier alpha value is -1.56. The predicted octanol–water partition coefficient (Wildman–Crippen LogP) is 3.01. The third kappa shape index (κ3) is 9.50. The second-order valence-corrected chi connectivity index (χ2v) is 9.45. The summed E-state index contributed by atoms with van der Waals surface area (Å²) < 4.78 is 79.3. The second-order valence-electron chi connectivity index (χ2n) is 7.99. The lowest BCUT2D eigenvalue weighted by Crippen LogP contribution is -2.49. The molecule has 0 aliphatic carbocycles. The number of piperidine rings is 1. The Kier molecular flexibility index (Phi) is 8.37. The van der Waals surface area contributed by atoms with Crippen LogP contribution in [0.15, 0.2) is 24.3 Å². The van der Waals surface area contributed by atoms with E-state index in [9.17, 15) is 21.6 Å². The summed E-state index contributed by atoms with van der Waals surface area (Å²) in [5.41, 5.74) is -0.267. The molecule has 7 nitrogen and oxygen atoms in total. The Balaban J connectivity index is 0.000000575. The third-order valence-corrected chi connectivity index (χ3v) is 4.61. The molecule has 0 aromatic heterocycles. The maximum Gasteiger partial charge on any atom is 0.411 e. The molecular formula is C19H28F3NO6S. The van der Waals surface area contributed by atoms with Crippen molar-refractivity contribution in [2.24, 2.45) is 5.41 Å². The summed E-state index contributed by atoms with van der Waals surface area (Å²) in [5, 5.41) is 0. The number of nitrogens with zero attached hydrogens (tertiary/aromatic N) is 1. The van der Waals surface area contributed by atoms with Crippen molar-refractivity contribution in [3.8, 4) is 11.5 Å². The second kappa shape index (κ2) is 10.2. The summed E-state index contributed by atoms with van der Waals surface area (Å²) in [7, 11) is -3.67. The Morgan fingerprint density at radius 3 is 2.57 bits per heavy atom. The van der Waals surface area contributed by atoms with Crippen molar-refractivity contribution in [2.75, 3.05) is 45.7 Å². The molecule has 0 saturated carbocycles. The van der Waals surface area contributed by atoms with Gasteiger partial charge in [-0.2, -0.15) is 21.6 Å². The summed E-state index contributed by atoms with van der Waals surface area (Å²) in [4.78, 5) is 2.24. The van der Waals surface area contributed by atoms with Crippen LogP contribution in [-0.2, 0) is 14.9 Å². The molecule has 0 unspecified atom stereocenters. The molecule has 30 heavy (non-hydrogen) atoms. The van der Waals surface area contributed by atoms with Gasteiger partial charge in [0.15, 0.2) is 11.5 Å². The normalized spacial score (nSPS) is 24.7. The molecule has 1 aromatic rings. The van der Waals surface area contributed by atoms with Crippen LogP contribution < -0.4 is 9.47 Å². The average Bonchev–Trinajstić information content (AvgIpc) is 2.59. The molecule has 0 spiro atoms. The molecule has 1 N–H and O–H groups in total. The number of benzene rings is 1. The summed E-state index contributed by atoms with van der Waals surface area (Å²) >= 11 is 0. The predicted molar refractivity (Wildman–Crippen MR) is 104 cm³/mol. The highest BCUT2D eigenvalue weighted by atomic mass is 32.2. The van der Waals surface area contributed by atoms with Gasteiger partial charge >= 0.3 is 6.18 Å². The minimum Gasteiger partial charge on any atom is -0.486 e. The van der Waals surface area contributed by atoms with Crippen LogP contribution in [0.1, 0.15) is 19.8 Å². The first-order valence-corrected chi connectivity index (χ1v) is 11.4. The number of ether oxygens (including phenoxy) is 3. The molecule has 0 radical (unpaired) electrons. The van der Waals surface area contributed by atoms with Crippen molar-refractivity contribution < 1.29 is 40.4 Å². The largest absolute Gasteiger partial charge is 0.486 e. The van der Waals surface area contributed by atoms with Crippen LogP contribution in [0.25, 0.3) is 0 Å². The van der Waals surface area contributed by atoms with Crippen molar-refractivity contribution in [1.29, 1.82) is 0 Å². The van der Waals surface area contributed by atoms with Gasteiger partial charge in [0.05, 0.1) is 12.9 Å². The smallest absolute Gasteiger partial charge is 0.411 e. The van der Waals surface area contributed by atoms with Gasteiger partial charge in [-0.15, -0.1) is 0 Å². The summed E-state index contributed by atoms with van der Waals surface area (Å²) in [5.74, 6) is 1.50. The lowest BCUT2D eigenvalue weighted by atomic mass is 9.82. The van der Waals surface area contributed by atoms with Crippen LogP contribution in [-0.4, -0.2) is 75.9 Å². The van der Waals surface area contributed by atoms with Gasteiger partial charge in [0, 0.05) is 18.5 Å².